The summed E-state index contributed by atoms with van der Waals surface area (Å²) >= 11 is 4.97. The van der Waals surface area contributed by atoms with Gasteiger partial charge in [0.2, 0.25) is 4.77 Å². The molecule has 1 aliphatic carbocycles. The minimum absolute atomic E-state index is 0.462. The molecule has 2 atom stereocenters. The number of furan rings is 1. The molecule has 2 aromatic heterocycles. The molecule has 3 rings (SSSR count). The molecule has 0 radical (unpaired) electrons. The van der Waals surface area contributed by atoms with Gasteiger partial charge in [0.25, 0.3) is 0 Å². The van der Waals surface area contributed by atoms with Gasteiger partial charge in [-0.15, -0.1) is 0 Å². The number of hydrogen-bond acceptors (Lipinski definition) is 4. The molecule has 0 saturated heterocycles. The number of hydrogen-bond donors (Lipinski definition) is 1. The van der Waals surface area contributed by atoms with Crippen molar-refractivity contribution in [3.05, 3.63) is 34.8 Å². The van der Waals surface area contributed by atoms with Gasteiger partial charge in [0.15, 0.2) is 0 Å². The monoisotopic (exact) mass is 248 g/mol. The molecular weight excluding hydrogens is 236 g/mol. The molecule has 0 spiro atoms. The van der Waals surface area contributed by atoms with Crippen molar-refractivity contribution in [3.63, 3.8) is 0 Å². The second-order valence-corrected chi connectivity index (χ2v) is 4.70. The minimum atomic E-state index is 0.462. The Hall–Kier alpha value is -1.69. The molecular formula is C11H12N4OS. The molecule has 2 aromatic rings. The van der Waals surface area contributed by atoms with Crippen LogP contribution in [0.5, 0.6) is 0 Å². The molecule has 0 amide bonds. The van der Waals surface area contributed by atoms with Gasteiger partial charge < -0.3 is 4.42 Å². The largest absolute Gasteiger partial charge is 0.460 e. The Morgan fingerprint density at radius 2 is 2.47 bits per heavy atom. The van der Waals surface area contributed by atoms with Crippen LogP contribution < -0.4 is 0 Å². The SMILES string of the molecule is C[C@H]1C[C@H]1c1ccc(/C=N\n2cn[nH]c2=S)o1. The fraction of sp³-hybridized carbons (Fsp3) is 0.364. The Labute approximate surface area is 103 Å². The van der Waals surface area contributed by atoms with Crippen molar-refractivity contribution in [3.8, 4) is 0 Å². The van der Waals surface area contributed by atoms with Gasteiger partial charge in [-0.1, -0.05) is 6.92 Å². The lowest BCUT2D eigenvalue weighted by Crippen LogP contribution is -1.87. The molecule has 0 bridgehead atoms. The number of H-pyrrole nitrogens is 1. The zero-order chi connectivity index (χ0) is 11.8. The van der Waals surface area contributed by atoms with Crippen LogP contribution in [0.4, 0.5) is 0 Å². The highest BCUT2D eigenvalue weighted by atomic mass is 32.1. The second kappa shape index (κ2) is 3.96. The van der Waals surface area contributed by atoms with E-state index in [0.29, 0.717) is 10.7 Å². The van der Waals surface area contributed by atoms with Gasteiger partial charge in [-0.25, -0.2) is 0 Å². The summed E-state index contributed by atoms with van der Waals surface area (Å²) < 4.78 is 7.63. The van der Waals surface area contributed by atoms with E-state index in [0.717, 1.165) is 17.4 Å². The minimum Gasteiger partial charge on any atom is -0.460 e. The average Bonchev–Trinajstić information content (AvgIpc) is 2.76. The second-order valence-electron chi connectivity index (χ2n) is 4.31. The van der Waals surface area contributed by atoms with Crippen LogP contribution in [0.25, 0.3) is 0 Å². The highest BCUT2D eigenvalue weighted by Gasteiger charge is 2.36. The molecule has 0 unspecified atom stereocenters. The van der Waals surface area contributed by atoms with Gasteiger partial charge in [0, 0.05) is 5.92 Å². The maximum atomic E-state index is 5.69. The van der Waals surface area contributed by atoms with Crippen LogP contribution in [-0.4, -0.2) is 21.1 Å². The number of aromatic nitrogens is 3. The Kier molecular flexibility index (Phi) is 2.44. The smallest absolute Gasteiger partial charge is 0.216 e. The number of rotatable bonds is 3. The Morgan fingerprint density at radius 3 is 3.12 bits per heavy atom. The molecule has 6 heteroatoms. The highest BCUT2D eigenvalue weighted by Crippen LogP contribution is 2.47. The normalized spacial score (nSPS) is 23.4. The third kappa shape index (κ3) is 2.08. The summed E-state index contributed by atoms with van der Waals surface area (Å²) in [5.74, 6) is 3.12. The maximum absolute atomic E-state index is 5.69. The van der Waals surface area contributed by atoms with E-state index >= 15 is 0 Å². The standard InChI is InChI=1S/C11H12N4OS/c1-7-4-9(7)10-3-2-8(16-10)5-13-15-6-12-14-11(15)17/h2-3,5-7,9H,4H2,1H3,(H,14,17)/b13-5-/t7-,9+/m0/s1. The molecule has 5 nitrogen and oxygen atoms in total. The number of nitrogens with zero attached hydrogens (tertiary/aromatic N) is 3. The van der Waals surface area contributed by atoms with Gasteiger partial charge in [0.1, 0.15) is 17.8 Å². The summed E-state index contributed by atoms with van der Waals surface area (Å²) in [6, 6.07) is 3.94. The average molecular weight is 248 g/mol. The molecule has 17 heavy (non-hydrogen) atoms. The van der Waals surface area contributed by atoms with Crippen molar-refractivity contribution >= 4 is 18.4 Å². The zero-order valence-electron chi connectivity index (χ0n) is 9.33. The lowest BCUT2D eigenvalue weighted by Gasteiger charge is -1.90. The van der Waals surface area contributed by atoms with Gasteiger partial charge >= 0.3 is 0 Å². The Bertz CT molecular complexity index is 609. The first kappa shape index (κ1) is 10.5. The summed E-state index contributed by atoms with van der Waals surface area (Å²) in [5, 5.41) is 10.6. The van der Waals surface area contributed by atoms with E-state index in [4.69, 9.17) is 16.6 Å². The first-order valence-corrected chi connectivity index (χ1v) is 5.91. The quantitative estimate of drug-likeness (QED) is 0.670. The fourth-order valence-electron chi connectivity index (χ4n) is 1.80. The predicted molar refractivity (Wildman–Crippen MR) is 65.6 cm³/mol. The van der Waals surface area contributed by atoms with Crippen LogP contribution in [0.1, 0.15) is 30.8 Å². The maximum Gasteiger partial charge on any atom is 0.216 e. The molecule has 1 saturated carbocycles. The summed E-state index contributed by atoms with van der Waals surface area (Å²) in [4.78, 5) is 0. The van der Waals surface area contributed by atoms with E-state index in [1.54, 1.807) is 6.21 Å². The van der Waals surface area contributed by atoms with Gasteiger partial charge in [-0.05, 0) is 36.7 Å². The third-order valence-electron chi connectivity index (χ3n) is 2.97. The summed E-state index contributed by atoms with van der Waals surface area (Å²) in [6.45, 7) is 2.23. The van der Waals surface area contributed by atoms with Gasteiger partial charge in [-0.3, -0.25) is 5.10 Å². The Morgan fingerprint density at radius 1 is 1.65 bits per heavy atom. The van der Waals surface area contributed by atoms with E-state index in [9.17, 15) is 0 Å². The summed E-state index contributed by atoms with van der Waals surface area (Å²) in [6.07, 6.45) is 4.38. The first-order chi connectivity index (χ1) is 8.24. The van der Waals surface area contributed by atoms with E-state index < -0.39 is 0 Å². The summed E-state index contributed by atoms with van der Waals surface area (Å²) in [7, 11) is 0. The lowest BCUT2D eigenvalue weighted by molar-refractivity contribution is 0.500. The van der Waals surface area contributed by atoms with Crippen molar-refractivity contribution in [2.75, 3.05) is 0 Å². The van der Waals surface area contributed by atoms with Crippen LogP contribution in [0.2, 0.25) is 0 Å². The molecule has 2 heterocycles. The lowest BCUT2D eigenvalue weighted by atomic mass is 10.3. The van der Waals surface area contributed by atoms with E-state index in [1.165, 1.54) is 17.4 Å². The first-order valence-electron chi connectivity index (χ1n) is 5.50. The van der Waals surface area contributed by atoms with Crippen molar-refractivity contribution in [1.29, 1.82) is 0 Å². The van der Waals surface area contributed by atoms with Crippen LogP contribution in [0.3, 0.4) is 0 Å². The zero-order valence-corrected chi connectivity index (χ0v) is 10.1. The Balaban J connectivity index is 1.77. The fourth-order valence-corrected chi connectivity index (χ4v) is 1.95. The van der Waals surface area contributed by atoms with Crippen molar-refractivity contribution in [1.82, 2.24) is 14.9 Å². The van der Waals surface area contributed by atoms with Crippen LogP contribution in [0.15, 0.2) is 28.0 Å². The van der Waals surface area contributed by atoms with Crippen molar-refractivity contribution in [2.24, 2.45) is 11.0 Å². The molecule has 0 aliphatic heterocycles. The molecule has 1 N–H and O–H groups in total. The topological polar surface area (TPSA) is 59.1 Å². The summed E-state index contributed by atoms with van der Waals surface area (Å²) in [5.41, 5.74) is 0. The predicted octanol–water partition coefficient (Wildman–Crippen LogP) is 2.54. The highest BCUT2D eigenvalue weighted by molar-refractivity contribution is 7.71. The third-order valence-corrected chi connectivity index (χ3v) is 3.25. The van der Waals surface area contributed by atoms with Gasteiger partial charge in [-0.2, -0.15) is 14.9 Å². The van der Waals surface area contributed by atoms with Crippen molar-refractivity contribution in [2.45, 2.75) is 19.3 Å². The molecule has 0 aromatic carbocycles. The van der Waals surface area contributed by atoms with Crippen LogP contribution >= 0.6 is 12.2 Å². The number of aromatic amines is 1. The number of nitrogens with one attached hydrogen (secondary N) is 1. The van der Waals surface area contributed by atoms with Gasteiger partial charge in [0.05, 0.1) is 6.21 Å². The molecule has 1 aliphatic rings. The van der Waals surface area contributed by atoms with Crippen molar-refractivity contribution < 1.29 is 4.42 Å². The van der Waals surface area contributed by atoms with E-state index in [2.05, 4.69) is 22.2 Å². The van der Waals surface area contributed by atoms with E-state index in [-0.39, 0.29) is 0 Å². The molecule has 88 valence electrons. The molecule has 1 fully saturated rings. The van der Waals surface area contributed by atoms with E-state index in [1.807, 2.05) is 12.1 Å². The van der Waals surface area contributed by atoms with Crippen LogP contribution in [0, 0.1) is 10.7 Å². The van der Waals surface area contributed by atoms with Crippen LogP contribution in [-0.2, 0) is 0 Å².